The minimum absolute atomic E-state index is 0.243. The van der Waals surface area contributed by atoms with Crippen LogP contribution in [0, 0.1) is 5.92 Å². The van der Waals surface area contributed by atoms with Crippen LogP contribution in [-0.2, 0) is 14.2 Å². The fraction of sp³-hybridized carbons (Fsp3) is 1.00. The molecule has 2 fully saturated rings. The zero-order valence-corrected chi connectivity index (χ0v) is 10.1. The number of rotatable bonds is 1. The van der Waals surface area contributed by atoms with Crippen molar-refractivity contribution in [1.82, 2.24) is 0 Å². The molecule has 5 nitrogen and oxygen atoms in total. The Balaban J connectivity index is 2.24. The normalized spacial score (nSPS) is 51.4. The van der Waals surface area contributed by atoms with Crippen molar-refractivity contribution in [2.75, 3.05) is 0 Å². The molecule has 2 aliphatic rings. The average molecular weight is 232 g/mol. The third-order valence-corrected chi connectivity index (χ3v) is 3.48. The quantitative estimate of drug-likeness (QED) is 0.692. The van der Waals surface area contributed by atoms with Crippen molar-refractivity contribution in [2.45, 2.75) is 64.2 Å². The monoisotopic (exact) mass is 232 g/mol. The Labute approximate surface area is 95.3 Å². The second kappa shape index (κ2) is 3.65. The third-order valence-electron chi connectivity index (χ3n) is 3.48. The number of aliphatic hydroxyl groups is 2. The average Bonchev–Trinajstić information content (AvgIpc) is 2.52. The molecular weight excluding hydrogens is 212 g/mol. The lowest BCUT2D eigenvalue weighted by Crippen LogP contribution is -2.58. The second-order valence-corrected chi connectivity index (χ2v) is 5.06. The Morgan fingerprint density at radius 1 is 1.12 bits per heavy atom. The summed E-state index contributed by atoms with van der Waals surface area (Å²) in [4.78, 5) is 0. The van der Waals surface area contributed by atoms with Gasteiger partial charge in [0, 0.05) is 5.92 Å². The Morgan fingerprint density at radius 2 is 1.69 bits per heavy atom. The van der Waals surface area contributed by atoms with E-state index in [0.29, 0.717) is 6.42 Å². The molecule has 1 unspecified atom stereocenters. The van der Waals surface area contributed by atoms with Crippen molar-refractivity contribution in [3.63, 3.8) is 0 Å². The van der Waals surface area contributed by atoms with Gasteiger partial charge in [0.1, 0.15) is 6.10 Å². The lowest BCUT2D eigenvalue weighted by Gasteiger charge is -2.44. The van der Waals surface area contributed by atoms with E-state index in [0.717, 1.165) is 0 Å². The molecule has 5 atom stereocenters. The van der Waals surface area contributed by atoms with Crippen LogP contribution in [-0.4, -0.2) is 40.3 Å². The van der Waals surface area contributed by atoms with Crippen molar-refractivity contribution in [3.05, 3.63) is 0 Å². The minimum Gasteiger partial charge on any atom is -0.366 e. The summed E-state index contributed by atoms with van der Waals surface area (Å²) in [5.74, 6) is -2.33. The molecule has 2 aliphatic heterocycles. The zero-order valence-electron chi connectivity index (χ0n) is 10.1. The molecule has 2 heterocycles. The van der Waals surface area contributed by atoms with Crippen molar-refractivity contribution >= 4 is 0 Å². The maximum atomic E-state index is 10.2. The molecule has 0 aromatic carbocycles. The number of fused-ring (bicyclic) bond motifs is 1. The Hall–Kier alpha value is -0.200. The molecule has 0 aromatic rings. The predicted molar refractivity (Wildman–Crippen MR) is 55.3 cm³/mol. The van der Waals surface area contributed by atoms with Gasteiger partial charge in [0.2, 0.25) is 0 Å². The van der Waals surface area contributed by atoms with Gasteiger partial charge in [0.05, 0.1) is 6.10 Å². The van der Waals surface area contributed by atoms with E-state index in [4.69, 9.17) is 14.2 Å². The SMILES string of the molecule is CC[C@]1(O)OC(O)[C@@H]2OC(C)(C)O[C@@H]2[C@H]1C. The largest absolute Gasteiger partial charge is 0.366 e. The van der Waals surface area contributed by atoms with E-state index in [1.54, 1.807) is 13.8 Å². The summed E-state index contributed by atoms with van der Waals surface area (Å²) in [5.41, 5.74) is 0. The lowest BCUT2D eigenvalue weighted by molar-refractivity contribution is -0.356. The van der Waals surface area contributed by atoms with Gasteiger partial charge in [-0.05, 0) is 20.3 Å². The van der Waals surface area contributed by atoms with Crippen molar-refractivity contribution in [1.29, 1.82) is 0 Å². The van der Waals surface area contributed by atoms with Crippen LogP contribution < -0.4 is 0 Å². The molecule has 5 heteroatoms. The zero-order chi connectivity index (χ0) is 12.1. The van der Waals surface area contributed by atoms with Crippen LogP contribution in [0.4, 0.5) is 0 Å². The van der Waals surface area contributed by atoms with Gasteiger partial charge < -0.3 is 24.4 Å². The van der Waals surface area contributed by atoms with Crippen LogP contribution in [0.1, 0.15) is 34.1 Å². The molecule has 2 saturated heterocycles. The molecule has 2 N–H and O–H groups in total. The van der Waals surface area contributed by atoms with Crippen molar-refractivity contribution in [3.8, 4) is 0 Å². The standard InChI is InChI=1S/C11H20O5/c1-5-11(13)6(2)7-8(9(12)16-11)15-10(3,4)14-7/h6-9,12-13H,5H2,1-4H3/t6-,7-,8-,9?,11+/m1/s1. The molecule has 0 aromatic heterocycles. The van der Waals surface area contributed by atoms with E-state index in [-0.39, 0.29) is 12.0 Å². The number of hydrogen-bond donors (Lipinski definition) is 2. The van der Waals surface area contributed by atoms with E-state index in [1.165, 1.54) is 0 Å². The highest BCUT2D eigenvalue weighted by Gasteiger charge is 2.57. The van der Waals surface area contributed by atoms with Crippen LogP contribution in [0.3, 0.4) is 0 Å². The Bertz CT molecular complexity index is 280. The summed E-state index contributed by atoms with van der Waals surface area (Å²) >= 11 is 0. The summed E-state index contributed by atoms with van der Waals surface area (Å²) in [6.45, 7) is 7.23. The van der Waals surface area contributed by atoms with Crippen LogP contribution >= 0.6 is 0 Å². The lowest BCUT2D eigenvalue weighted by atomic mass is 9.86. The van der Waals surface area contributed by atoms with E-state index in [1.807, 2.05) is 13.8 Å². The van der Waals surface area contributed by atoms with E-state index in [2.05, 4.69) is 0 Å². The van der Waals surface area contributed by atoms with Gasteiger partial charge >= 0.3 is 0 Å². The molecule has 94 valence electrons. The molecule has 0 radical (unpaired) electrons. The van der Waals surface area contributed by atoms with E-state index in [9.17, 15) is 10.2 Å². The number of aliphatic hydroxyl groups excluding tert-OH is 1. The molecule has 0 saturated carbocycles. The number of ether oxygens (including phenoxy) is 3. The second-order valence-electron chi connectivity index (χ2n) is 5.06. The minimum atomic E-state index is -1.34. The first-order chi connectivity index (χ1) is 7.29. The first-order valence-electron chi connectivity index (χ1n) is 5.73. The highest BCUT2D eigenvalue weighted by molar-refractivity contribution is 4.96. The molecular formula is C11H20O5. The van der Waals surface area contributed by atoms with Gasteiger partial charge in [-0.2, -0.15) is 0 Å². The summed E-state index contributed by atoms with van der Waals surface area (Å²) in [6, 6.07) is 0. The predicted octanol–water partition coefficient (Wildman–Crippen LogP) is 0.590. The summed E-state index contributed by atoms with van der Waals surface area (Å²) < 4.78 is 16.5. The fourth-order valence-corrected chi connectivity index (χ4v) is 2.47. The Morgan fingerprint density at radius 3 is 2.25 bits per heavy atom. The molecule has 0 amide bonds. The molecule has 0 aliphatic carbocycles. The Kier molecular flexibility index (Phi) is 2.79. The van der Waals surface area contributed by atoms with Gasteiger partial charge in [0.25, 0.3) is 0 Å². The van der Waals surface area contributed by atoms with Gasteiger partial charge in [-0.3, -0.25) is 0 Å². The maximum absolute atomic E-state index is 10.2. The highest BCUT2D eigenvalue weighted by atomic mass is 16.8. The van der Waals surface area contributed by atoms with Gasteiger partial charge in [-0.15, -0.1) is 0 Å². The number of hydrogen-bond acceptors (Lipinski definition) is 5. The molecule has 0 spiro atoms. The van der Waals surface area contributed by atoms with Crippen molar-refractivity contribution in [2.24, 2.45) is 5.92 Å². The topological polar surface area (TPSA) is 68.2 Å². The molecule has 0 bridgehead atoms. The summed E-state index contributed by atoms with van der Waals surface area (Å²) in [5, 5.41) is 20.0. The van der Waals surface area contributed by atoms with Crippen molar-refractivity contribution < 1.29 is 24.4 Å². The fourth-order valence-electron chi connectivity index (χ4n) is 2.47. The first kappa shape index (κ1) is 12.3. The van der Waals surface area contributed by atoms with Crippen LogP contribution in [0.2, 0.25) is 0 Å². The van der Waals surface area contributed by atoms with Crippen LogP contribution in [0.15, 0.2) is 0 Å². The smallest absolute Gasteiger partial charge is 0.187 e. The highest BCUT2D eigenvalue weighted by Crippen LogP contribution is 2.43. The van der Waals surface area contributed by atoms with Gasteiger partial charge in [-0.25, -0.2) is 0 Å². The van der Waals surface area contributed by atoms with E-state index < -0.39 is 24.0 Å². The summed E-state index contributed by atoms with van der Waals surface area (Å²) in [6.07, 6.45) is -1.62. The molecule has 16 heavy (non-hydrogen) atoms. The first-order valence-corrected chi connectivity index (χ1v) is 5.73. The molecule has 2 rings (SSSR count). The third kappa shape index (κ3) is 1.76. The summed E-state index contributed by atoms with van der Waals surface area (Å²) in [7, 11) is 0. The van der Waals surface area contributed by atoms with Crippen LogP contribution in [0.25, 0.3) is 0 Å². The van der Waals surface area contributed by atoms with Crippen LogP contribution in [0.5, 0.6) is 0 Å². The van der Waals surface area contributed by atoms with E-state index >= 15 is 0 Å². The van der Waals surface area contributed by atoms with Gasteiger partial charge in [-0.1, -0.05) is 13.8 Å². The maximum Gasteiger partial charge on any atom is 0.187 e. The van der Waals surface area contributed by atoms with Gasteiger partial charge in [0.15, 0.2) is 17.9 Å².